The summed E-state index contributed by atoms with van der Waals surface area (Å²) in [5.74, 6) is 1.15. The highest BCUT2D eigenvalue weighted by Gasteiger charge is 2.20. The number of nitrogens with zero attached hydrogens (tertiary/aromatic N) is 2. The molecule has 25 heavy (non-hydrogen) atoms. The van der Waals surface area contributed by atoms with Crippen molar-refractivity contribution >= 4 is 5.91 Å². The number of hydrogen-bond donors (Lipinski definition) is 0. The van der Waals surface area contributed by atoms with Crippen LogP contribution in [-0.4, -0.2) is 55.5 Å². The Morgan fingerprint density at radius 1 is 0.960 bits per heavy atom. The molecule has 0 bridgehead atoms. The molecular weight excluding hydrogens is 312 g/mol. The van der Waals surface area contributed by atoms with E-state index in [1.54, 1.807) is 7.11 Å². The number of piperazine rings is 1. The topological polar surface area (TPSA) is 32.8 Å². The fraction of sp³-hybridized carbons (Fsp3) is 0.381. The molecule has 1 saturated heterocycles. The molecule has 0 aromatic heterocycles. The summed E-state index contributed by atoms with van der Waals surface area (Å²) < 4.78 is 5.28. The van der Waals surface area contributed by atoms with Crippen molar-refractivity contribution in [3.8, 4) is 5.75 Å². The minimum Gasteiger partial charge on any atom is -0.497 e. The fourth-order valence-electron chi connectivity index (χ4n) is 3.22. The second-order valence-electron chi connectivity index (χ2n) is 6.49. The Morgan fingerprint density at radius 2 is 1.68 bits per heavy atom. The Kier molecular flexibility index (Phi) is 6.07. The number of carbonyl (C=O) groups is 1. The van der Waals surface area contributed by atoms with Gasteiger partial charge in [-0.1, -0.05) is 42.5 Å². The van der Waals surface area contributed by atoms with Gasteiger partial charge in [-0.3, -0.25) is 9.69 Å². The second kappa shape index (κ2) is 8.67. The number of rotatable bonds is 6. The van der Waals surface area contributed by atoms with Crippen molar-refractivity contribution in [1.82, 2.24) is 9.80 Å². The molecule has 4 nitrogen and oxygen atoms in total. The summed E-state index contributed by atoms with van der Waals surface area (Å²) in [6.45, 7) is 4.57. The lowest BCUT2D eigenvalue weighted by Gasteiger charge is -2.34. The van der Waals surface area contributed by atoms with Gasteiger partial charge in [-0.15, -0.1) is 0 Å². The summed E-state index contributed by atoms with van der Waals surface area (Å²) in [4.78, 5) is 16.8. The van der Waals surface area contributed by atoms with Crippen LogP contribution in [0.15, 0.2) is 54.6 Å². The van der Waals surface area contributed by atoms with Crippen molar-refractivity contribution in [2.45, 2.75) is 12.8 Å². The molecule has 1 heterocycles. The minimum absolute atomic E-state index is 0.235. The number of ether oxygens (including phenoxy) is 1. The Labute approximate surface area is 150 Å². The van der Waals surface area contributed by atoms with Crippen LogP contribution in [0.5, 0.6) is 5.75 Å². The van der Waals surface area contributed by atoms with Gasteiger partial charge in [0.25, 0.3) is 0 Å². The smallest absolute Gasteiger partial charge is 0.227 e. The summed E-state index contributed by atoms with van der Waals surface area (Å²) in [5.41, 5.74) is 2.38. The van der Waals surface area contributed by atoms with E-state index in [4.69, 9.17) is 4.74 Å². The van der Waals surface area contributed by atoms with Gasteiger partial charge in [0.05, 0.1) is 13.5 Å². The molecule has 0 aliphatic carbocycles. The maximum atomic E-state index is 12.4. The average molecular weight is 338 g/mol. The van der Waals surface area contributed by atoms with E-state index in [1.165, 1.54) is 5.56 Å². The first-order valence-electron chi connectivity index (χ1n) is 8.91. The van der Waals surface area contributed by atoms with Gasteiger partial charge in [-0.2, -0.15) is 0 Å². The van der Waals surface area contributed by atoms with Gasteiger partial charge in [0.2, 0.25) is 5.91 Å². The first kappa shape index (κ1) is 17.5. The van der Waals surface area contributed by atoms with Gasteiger partial charge < -0.3 is 9.64 Å². The molecule has 0 N–H and O–H groups in total. The van der Waals surface area contributed by atoms with Gasteiger partial charge in [0.1, 0.15) is 5.75 Å². The third kappa shape index (κ3) is 5.07. The highest BCUT2D eigenvalue weighted by molar-refractivity contribution is 5.78. The number of carbonyl (C=O) groups excluding carboxylic acids is 1. The lowest BCUT2D eigenvalue weighted by molar-refractivity contribution is -0.132. The van der Waals surface area contributed by atoms with E-state index in [2.05, 4.69) is 17.0 Å². The molecule has 2 aromatic rings. The van der Waals surface area contributed by atoms with Crippen LogP contribution in [0.3, 0.4) is 0 Å². The zero-order chi connectivity index (χ0) is 17.5. The third-order valence-corrected chi connectivity index (χ3v) is 4.77. The highest BCUT2D eigenvalue weighted by atomic mass is 16.5. The molecule has 3 rings (SSSR count). The van der Waals surface area contributed by atoms with E-state index >= 15 is 0 Å². The Hall–Kier alpha value is -2.33. The minimum atomic E-state index is 0.235. The van der Waals surface area contributed by atoms with Crippen LogP contribution >= 0.6 is 0 Å². The molecule has 1 fully saturated rings. The normalized spacial score (nSPS) is 15.2. The van der Waals surface area contributed by atoms with Crippen molar-refractivity contribution in [3.05, 3.63) is 65.7 Å². The van der Waals surface area contributed by atoms with Gasteiger partial charge >= 0.3 is 0 Å². The summed E-state index contributed by atoms with van der Waals surface area (Å²) in [7, 11) is 1.70. The van der Waals surface area contributed by atoms with Gasteiger partial charge in [0, 0.05) is 32.7 Å². The van der Waals surface area contributed by atoms with Crippen molar-refractivity contribution in [1.29, 1.82) is 0 Å². The number of benzene rings is 2. The van der Waals surface area contributed by atoms with Crippen LogP contribution < -0.4 is 4.74 Å². The lowest BCUT2D eigenvalue weighted by Crippen LogP contribution is -2.49. The zero-order valence-corrected chi connectivity index (χ0v) is 14.9. The predicted octanol–water partition coefficient (Wildman–Crippen LogP) is 2.62. The molecule has 4 heteroatoms. The van der Waals surface area contributed by atoms with Gasteiger partial charge in [-0.05, 0) is 29.7 Å². The molecule has 1 aliphatic heterocycles. The molecule has 0 atom stereocenters. The number of hydrogen-bond acceptors (Lipinski definition) is 3. The number of methoxy groups -OCH3 is 1. The molecule has 2 aromatic carbocycles. The first-order chi connectivity index (χ1) is 12.2. The van der Waals surface area contributed by atoms with Gasteiger partial charge in [0.15, 0.2) is 0 Å². The van der Waals surface area contributed by atoms with E-state index in [0.29, 0.717) is 6.42 Å². The number of amides is 1. The lowest BCUT2D eigenvalue weighted by atomic mass is 10.1. The highest BCUT2D eigenvalue weighted by Crippen LogP contribution is 2.14. The Bertz CT molecular complexity index is 679. The van der Waals surface area contributed by atoms with Crippen LogP contribution in [0.25, 0.3) is 0 Å². The van der Waals surface area contributed by atoms with E-state index in [9.17, 15) is 4.79 Å². The molecule has 0 saturated carbocycles. The van der Waals surface area contributed by atoms with Crippen molar-refractivity contribution in [2.75, 3.05) is 39.8 Å². The van der Waals surface area contributed by atoms with E-state index < -0.39 is 0 Å². The molecule has 0 unspecified atom stereocenters. The monoisotopic (exact) mass is 338 g/mol. The molecule has 1 aliphatic rings. The average Bonchev–Trinajstić information content (AvgIpc) is 2.67. The summed E-state index contributed by atoms with van der Waals surface area (Å²) >= 11 is 0. The van der Waals surface area contributed by atoms with Crippen LogP contribution in [0, 0.1) is 0 Å². The predicted molar refractivity (Wildman–Crippen MR) is 99.9 cm³/mol. The van der Waals surface area contributed by atoms with Crippen molar-refractivity contribution in [3.63, 3.8) is 0 Å². The first-order valence-corrected chi connectivity index (χ1v) is 8.91. The molecule has 1 amide bonds. The van der Waals surface area contributed by atoms with Crippen molar-refractivity contribution in [2.24, 2.45) is 0 Å². The maximum Gasteiger partial charge on any atom is 0.227 e. The summed E-state index contributed by atoms with van der Waals surface area (Å²) in [5, 5.41) is 0. The summed E-state index contributed by atoms with van der Waals surface area (Å²) in [6.07, 6.45) is 1.51. The van der Waals surface area contributed by atoms with Crippen LogP contribution in [-0.2, 0) is 17.6 Å². The molecule has 132 valence electrons. The second-order valence-corrected chi connectivity index (χ2v) is 6.49. The quantitative estimate of drug-likeness (QED) is 0.812. The van der Waals surface area contributed by atoms with Crippen LogP contribution in [0.4, 0.5) is 0 Å². The Balaban J connectivity index is 1.43. The Morgan fingerprint density at radius 3 is 2.40 bits per heavy atom. The SMILES string of the molecule is COc1cccc(CCN2CCN(C(=O)Cc3ccccc3)CC2)c1. The van der Waals surface area contributed by atoms with Gasteiger partial charge in [-0.25, -0.2) is 0 Å². The zero-order valence-electron chi connectivity index (χ0n) is 14.9. The van der Waals surface area contributed by atoms with E-state index in [0.717, 1.165) is 50.5 Å². The van der Waals surface area contributed by atoms with Crippen molar-refractivity contribution < 1.29 is 9.53 Å². The van der Waals surface area contributed by atoms with Crippen LogP contribution in [0.2, 0.25) is 0 Å². The molecule has 0 spiro atoms. The summed E-state index contributed by atoms with van der Waals surface area (Å²) in [6, 6.07) is 18.2. The third-order valence-electron chi connectivity index (χ3n) is 4.77. The molecule has 0 radical (unpaired) electrons. The van der Waals surface area contributed by atoms with E-state index in [1.807, 2.05) is 47.4 Å². The maximum absolute atomic E-state index is 12.4. The largest absolute Gasteiger partial charge is 0.497 e. The molecular formula is C21H26N2O2. The standard InChI is InChI=1S/C21H26N2O2/c1-25-20-9-5-8-19(16-20)10-11-22-12-14-23(15-13-22)21(24)17-18-6-3-2-4-7-18/h2-9,16H,10-15,17H2,1H3. The fourth-order valence-corrected chi connectivity index (χ4v) is 3.22. The van der Waals surface area contributed by atoms with E-state index in [-0.39, 0.29) is 5.91 Å². The van der Waals surface area contributed by atoms with Crippen LogP contribution in [0.1, 0.15) is 11.1 Å².